The highest BCUT2D eigenvalue weighted by molar-refractivity contribution is 9.10. The first-order chi connectivity index (χ1) is 13.0. The van der Waals surface area contributed by atoms with Gasteiger partial charge in [0, 0.05) is 22.1 Å². The molecule has 0 spiro atoms. The number of fused-ring (bicyclic) bond motifs is 2. The van der Waals surface area contributed by atoms with Crippen LogP contribution in [-0.2, 0) is 9.84 Å². The molecule has 6 heteroatoms. The number of terminal acetylenes is 1. The third kappa shape index (κ3) is 3.27. The monoisotopic (exact) mass is 436 g/mol. The molecule has 0 radical (unpaired) electrons. The Morgan fingerprint density at radius 3 is 2.22 bits per heavy atom. The number of sulfone groups is 1. The van der Waals surface area contributed by atoms with Gasteiger partial charge in [0.05, 0.1) is 4.90 Å². The van der Waals surface area contributed by atoms with Crippen molar-refractivity contribution in [2.45, 2.75) is 9.92 Å². The molecule has 0 aliphatic heterocycles. The van der Waals surface area contributed by atoms with Gasteiger partial charge in [-0.1, -0.05) is 42.8 Å². The molecule has 3 aromatic rings. The number of pyridine rings is 1. The van der Waals surface area contributed by atoms with E-state index in [4.69, 9.17) is 6.42 Å². The normalized spacial score (nSPS) is 11.4. The molecule has 0 unspecified atom stereocenters. The van der Waals surface area contributed by atoms with Gasteiger partial charge in [-0.2, -0.15) is 0 Å². The first kappa shape index (κ1) is 17.5. The van der Waals surface area contributed by atoms with Crippen LogP contribution in [0.2, 0.25) is 0 Å². The molecular formula is C21H13BrN2O2S. The second-order valence-corrected chi connectivity index (χ2v) is 8.72. The largest absolute Gasteiger partial charge is 0.241 e. The summed E-state index contributed by atoms with van der Waals surface area (Å²) in [6.45, 7) is 0. The molecule has 132 valence electrons. The van der Waals surface area contributed by atoms with Crippen LogP contribution < -0.4 is 0 Å². The second kappa shape index (κ2) is 6.69. The summed E-state index contributed by atoms with van der Waals surface area (Å²) >= 11 is 3.31. The maximum absolute atomic E-state index is 12.7. The van der Waals surface area contributed by atoms with E-state index in [1.807, 2.05) is 0 Å². The topological polar surface area (TPSA) is 52.0 Å². The van der Waals surface area contributed by atoms with E-state index in [-0.39, 0.29) is 9.92 Å². The Morgan fingerprint density at radius 2 is 1.67 bits per heavy atom. The van der Waals surface area contributed by atoms with Gasteiger partial charge in [-0.25, -0.2) is 18.0 Å². The molecule has 0 N–H and O–H groups in total. The van der Waals surface area contributed by atoms with E-state index >= 15 is 0 Å². The zero-order chi connectivity index (χ0) is 19.0. The van der Waals surface area contributed by atoms with Crippen molar-refractivity contribution >= 4 is 36.8 Å². The van der Waals surface area contributed by atoms with Crippen molar-refractivity contribution in [1.82, 2.24) is 9.55 Å². The van der Waals surface area contributed by atoms with Gasteiger partial charge in [-0.3, -0.25) is 0 Å². The van der Waals surface area contributed by atoms with Crippen LogP contribution in [-0.4, -0.2) is 18.0 Å². The van der Waals surface area contributed by atoms with E-state index in [0.717, 1.165) is 4.47 Å². The number of hydrogen-bond acceptors (Lipinski definition) is 3. The first-order valence-electron chi connectivity index (χ1n) is 8.05. The molecule has 0 bridgehead atoms. The van der Waals surface area contributed by atoms with Gasteiger partial charge in [0.2, 0.25) is 9.84 Å². The highest BCUT2D eigenvalue weighted by atomic mass is 79.9. The Balaban J connectivity index is 0.000000250. The molecule has 27 heavy (non-hydrogen) atoms. The van der Waals surface area contributed by atoms with Gasteiger partial charge in [-0.05, 0) is 57.4 Å². The van der Waals surface area contributed by atoms with Gasteiger partial charge in [0.1, 0.15) is 0 Å². The third-order valence-corrected chi connectivity index (χ3v) is 6.32. The Labute approximate surface area is 165 Å². The fourth-order valence-corrected chi connectivity index (χ4v) is 4.53. The first-order valence-corrected chi connectivity index (χ1v) is 10.3. The minimum Gasteiger partial charge on any atom is -0.241 e. The van der Waals surface area contributed by atoms with E-state index < -0.39 is 9.84 Å². The van der Waals surface area contributed by atoms with Crippen LogP contribution in [0.5, 0.6) is 0 Å². The van der Waals surface area contributed by atoms with Crippen molar-refractivity contribution in [2.75, 3.05) is 0 Å². The molecule has 2 aliphatic carbocycles. The van der Waals surface area contributed by atoms with Gasteiger partial charge >= 0.3 is 0 Å². The summed E-state index contributed by atoms with van der Waals surface area (Å²) in [5.41, 5.74) is 3.29. The lowest BCUT2D eigenvalue weighted by Crippen LogP contribution is -2.07. The summed E-state index contributed by atoms with van der Waals surface area (Å²) in [6, 6.07) is 22.3. The highest BCUT2D eigenvalue weighted by Gasteiger charge is 2.24. The zero-order valence-corrected chi connectivity index (χ0v) is 16.4. The SMILES string of the molecule is C#Cn1c(S(=O)(=O)c2ccccc2)cc2cc(Br)cnc21.c1cc2cc-2c1. The smallest absolute Gasteiger partial charge is 0.223 e. The molecule has 0 atom stereocenters. The lowest BCUT2D eigenvalue weighted by atomic mass is 10.3. The van der Waals surface area contributed by atoms with Crippen molar-refractivity contribution in [1.29, 1.82) is 0 Å². The standard InChI is InChI=1S/C15H9BrN2O2S.C6H4/c1-2-18-14(9-11-8-12(16)10-17-15(11)18)21(19,20)13-6-4-3-5-7-13;1-2-5-4-6(5)3-1/h1,3-10H;1-4H. The Hall–Kier alpha value is -2.88. The van der Waals surface area contributed by atoms with Crippen LogP contribution >= 0.6 is 15.9 Å². The number of halogens is 1. The van der Waals surface area contributed by atoms with E-state index in [1.54, 1.807) is 30.5 Å². The molecule has 2 aliphatic rings. The van der Waals surface area contributed by atoms with Gasteiger partial charge in [0.25, 0.3) is 0 Å². The van der Waals surface area contributed by atoms with Crippen molar-refractivity contribution in [3.05, 3.63) is 77.4 Å². The summed E-state index contributed by atoms with van der Waals surface area (Å²) in [6.07, 6.45) is 7.05. The predicted octanol–water partition coefficient (Wildman–Crippen LogP) is 4.74. The number of hydrogen-bond donors (Lipinski definition) is 0. The van der Waals surface area contributed by atoms with Crippen LogP contribution in [0.1, 0.15) is 0 Å². The maximum Gasteiger partial charge on any atom is 0.223 e. The van der Waals surface area contributed by atoms with E-state index in [9.17, 15) is 8.42 Å². The van der Waals surface area contributed by atoms with E-state index in [0.29, 0.717) is 11.0 Å². The summed E-state index contributed by atoms with van der Waals surface area (Å²) < 4.78 is 27.4. The van der Waals surface area contributed by atoms with Gasteiger partial charge < -0.3 is 0 Å². The minimum absolute atomic E-state index is 0.0387. The van der Waals surface area contributed by atoms with E-state index in [1.165, 1.54) is 33.9 Å². The van der Waals surface area contributed by atoms with Crippen LogP contribution in [0.25, 0.3) is 22.2 Å². The Kier molecular flexibility index (Phi) is 4.34. The van der Waals surface area contributed by atoms with Crippen LogP contribution in [0.3, 0.4) is 0 Å². The van der Waals surface area contributed by atoms with Gasteiger partial charge in [-0.15, -0.1) is 0 Å². The summed E-state index contributed by atoms with van der Waals surface area (Å²) in [5, 5.41) is 0.702. The average Bonchev–Trinajstić information content (AvgIpc) is 3.11. The minimum atomic E-state index is -3.69. The summed E-state index contributed by atoms with van der Waals surface area (Å²) in [7, 11) is -3.69. The molecule has 5 rings (SSSR count). The van der Waals surface area contributed by atoms with Crippen molar-refractivity contribution < 1.29 is 8.42 Å². The second-order valence-electron chi connectivity index (χ2n) is 5.91. The molecule has 0 saturated heterocycles. The lowest BCUT2D eigenvalue weighted by molar-refractivity contribution is 0.591. The van der Waals surface area contributed by atoms with Crippen molar-refractivity contribution in [3.8, 4) is 23.6 Å². The van der Waals surface area contributed by atoms with Crippen LogP contribution in [0, 0.1) is 12.5 Å². The summed E-state index contributed by atoms with van der Waals surface area (Å²) in [4.78, 5) is 4.39. The molecule has 2 aromatic heterocycles. The molecule has 1 aromatic carbocycles. The number of rotatable bonds is 2. The van der Waals surface area contributed by atoms with Gasteiger partial charge in [0.15, 0.2) is 10.7 Å². The lowest BCUT2D eigenvalue weighted by Gasteiger charge is -2.04. The molecule has 2 heterocycles. The average molecular weight is 437 g/mol. The fraction of sp³-hybridized carbons (Fsp3) is 0. The number of nitrogens with zero attached hydrogens (tertiary/aromatic N) is 2. The quantitative estimate of drug-likeness (QED) is 0.375. The van der Waals surface area contributed by atoms with Crippen molar-refractivity contribution in [3.63, 3.8) is 0 Å². The molecule has 0 fully saturated rings. The van der Waals surface area contributed by atoms with Crippen LogP contribution in [0.4, 0.5) is 0 Å². The number of aromatic nitrogens is 2. The highest BCUT2D eigenvalue weighted by Crippen LogP contribution is 2.32. The summed E-state index contributed by atoms with van der Waals surface area (Å²) in [5.74, 6) is 0. The van der Waals surface area contributed by atoms with Crippen molar-refractivity contribution in [2.24, 2.45) is 0 Å². The predicted molar refractivity (Wildman–Crippen MR) is 109 cm³/mol. The molecular weight excluding hydrogens is 424 g/mol. The number of benzene rings is 2. The van der Waals surface area contributed by atoms with E-state index in [2.05, 4.69) is 51.2 Å². The third-order valence-electron chi connectivity index (χ3n) is 4.14. The zero-order valence-electron chi connectivity index (χ0n) is 14.0. The Morgan fingerprint density at radius 1 is 0.963 bits per heavy atom. The maximum atomic E-state index is 12.7. The molecule has 4 nitrogen and oxygen atoms in total. The molecule has 0 saturated carbocycles. The Bertz CT molecular complexity index is 1290. The van der Waals surface area contributed by atoms with Crippen LogP contribution in [0.15, 0.2) is 87.3 Å². The fourth-order valence-electron chi connectivity index (χ4n) is 2.76. The molecule has 0 amide bonds.